The maximum atomic E-state index is 13.6. The van der Waals surface area contributed by atoms with Gasteiger partial charge in [-0.2, -0.15) is 0 Å². The monoisotopic (exact) mass is 775 g/mol. The first-order valence-electron chi connectivity index (χ1n) is 20.8. The topological polar surface area (TPSA) is 178 Å². The SMILES string of the molecule is C/C=C(\C)C(=O)O[C@H]1C(C)=C2[C@H]([C@@H]1OC(=O)CCCCCCC)[C@@](C)(OC(C)=O)C[C@H](OC(=O)CCCCCCCCCCCN)[C@@]1(C)[C@H]2OC(=O)[C@@]1(C)O. The number of nitrogens with two attached hydrogens (primary N) is 1. The van der Waals surface area contributed by atoms with E-state index in [0.29, 0.717) is 29.6 Å². The average molecular weight is 776 g/mol. The summed E-state index contributed by atoms with van der Waals surface area (Å²) in [5.41, 5.74) is 1.49. The summed E-state index contributed by atoms with van der Waals surface area (Å²) in [6.07, 6.45) is 10.7. The van der Waals surface area contributed by atoms with Gasteiger partial charge >= 0.3 is 29.8 Å². The van der Waals surface area contributed by atoms with Crippen LogP contribution < -0.4 is 5.73 Å². The number of aliphatic hydroxyl groups is 1. The molecule has 0 unspecified atom stereocenters. The molecule has 3 aliphatic rings. The van der Waals surface area contributed by atoms with Gasteiger partial charge in [0, 0.05) is 31.8 Å². The van der Waals surface area contributed by atoms with Crippen LogP contribution in [0, 0.1) is 11.3 Å². The molecule has 3 N–H and O–H groups in total. The van der Waals surface area contributed by atoms with Gasteiger partial charge in [0.15, 0.2) is 17.8 Å². The third-order valence-electron chi connectivity index (χ3n) is 12.2. The molecule has 8 atom stereocenters. The summed E-state index contributed by atoms with van der Waals surface area (Å²) >= 11 is 0. The molecule has 0 spiro atoms. The third-order valence-corrected chi connectivity index (χ3v) is 12.2. The quantitative estimate of drug-likeness (QED) is 0.0370. The van der Waals surface area contributed by atoms with Crippen molar-refractivity contribution in [2.45, 2.75) is 200 Å². The molecule has 12 heteroatoms. The third kappa shape index (κ3) is 11.0. The Labute approximate surface area is 328 Å². The molecule has 1 saturated heterocycles. The fraction of sp³-hybridized carbons (Fsp3) is 0.791. The molecule has 0 aromatic heterocycles. The smallest absolute Gasteiger partial charge is 0.339 e. The van der Waals surface area contributed by atoms with E-state index in [0.717, 1.165) is 70.8 Å². The average Bonchev–Trinajstić information content (AvgIpc) is 3.45. The van der Waals surface area contributed by atoms with Gasteiger partial charge in [0.25, 0.3) is 0 Å². The highest BCUT2D eigenvalue weighted by Gasteiger charge is 2.74. The van der Waals surface area contributed by atoms with Crippen LogP contribution in [0.5, 0.6) is 0 Å². The zero-order valence-electron chi connectivity index (χ0n) is 34.8. The van der Waals surface area contributed by atoms with Crippen LogP contribution in [0.3, 0.4) is 0 Å². The van der Waals surface area contributed by atoms with Gasteiger partial charge in [-0.1, -0.05) is 83.6 Å². The van der Waals surface area contributed by atoms with Crippen LogP contribution >= 0.6 is 0 Å². The second kappa shape index (κ2) is 20.8. The second-order valence-electron chi connectivity index (χ2n) is 16.5. The van der Waals surface area contributed by atoms with Crippen molar-refractivity contribution >= 4 is 29.8 Å². The van der Waals surface area contributed by atoms with Crippen molar-refractivity contribution in [1.82, 2.24) is 0 Å². The lowest BCUT2D eigenvalue weighted by Gasteiger charge is -2.43. The summed E-state index contributed by atoms with van der Waals surface area (Å²) in [6.45, 7) is 13.7. The number of rotatable bonds is 22. The number of carbonyl (C=O) groups excluding carboxylic acids is 5. The summed E-state index contributed by atoms with van der Waals surface area (Å²) < 4.78 is 30.7. The molecule has 2 fully saturated rings. The van der Waals surface area contributed by atoms with E-state index in [2.05, 4.69) is 6.92 Å². The Hall–Kier alpha value is -3.25. The molecule has 0 amide bonds. The zero-order chi connectivity index (χ0) is 41.0. The first kappa shape index (κ1) is 46.1. The van der Waals surface area contributed by atoms with Gasteiger partial charge in [0.2, 0.25) is 0 Å². The first-order valence-corrected chi connectivity index (χ1v) is 20.8. The van der Waals surface area contributed by atoms with Gasteiger partial charge in [0.1, 0.15) is 17.8 Å². The number of esters is 5. The predicted octanol–water partition coefficient (Wildman–Crippen LogP) is 7.26. The number of fused-ring (bicyclic) bond motifs is 3. The maximum Gasteiger partial charge on any atom is 0.339 e. The molecule has 1 heterocycles. The Morgan fingerprint density at radius 2 is 1.36 bits per heavy atom. The van der Waals surface area contributed by atoms with Gasteiger partial charge in [-0.25, -0.2) is 9.59 Å². The van der Waals surface area contributed by atoms with Crippen molar-refractivity contribution in [2.75, 3.05) is 6.54 Å². The molecule has 1 saturated carbocycles. The van der Waals surface area contributed by atoms with E-state index in [4.69, 9.17) is 29.4 Å². The number of hydrogen-bond donors (Lipinski definition) is 2. The van der Waals surface area contributed by atoms with E-state index in [1.54, 1.807) is 40.7 Å². The summed E-state index contributed by atoms with van der Waals surface area (Å²) in [6, 6.07) is 0. The van der Waals surface area contributed by atoms with Gasteiger partial charge in [-0.05, 0) is 78.5 Å². The molecule has 2 aliphatic carbocycles. The summed E-state index contributed by atoms with van der Waals surface area (Å²) in [5.74, 6) is -4.20. The van der Waals surface area contributed by atoms with E-state index >= 15 is 0 Å². The van der Waals surface area contributed by atoms with Crippen molar-refractivity contribution in [2.24, 2.45) is 17.1 Å². The lowest BCUT2D eigenvalue weighted by atomic mass is 9.66. The number of ether oxygens (including phenoxy) is 5. The van der Waals surface area contributed by atoms with Gasteiger partial charge < -0.3 is 34.5 Å². The number of hydrogen-bond acceptors (Lipinski definition) is 12. The summed E-state index contributed by atoms with van der Waals surface area (Å²) in [7, 11) is 0. The zero-order valence-corrected chi connectivity index (χ0v) is 34.8. The van der Waals surface area contributed by atoms with Crippen LogP contribution in [-0.2, 0) is 47.7 Å². The standard InChI is InChI=1S/C43H69NO11/c1-9-11-12-18-21-25-33(47)52-37-35-34(29(4)36(37)53-39(48)28(3)10-2)38-42(7,43(8,50)40(49)54-38)31(27-41(35,6)55-30(5)45)51-32(46)24-22-19-16-14-13-15-17-20-23-26-44/h10,31,35-38,50H,9,11-27,44H2,1-8H3/b28-10+/t31-,35+,36-,37-,38-,41-,42-,43+/m0/s1. The van der Waals surface area contributed by atoms with Gasteiger partial charge in [-0.3, -0.25) is 14.4 Å². The highest BCUT2D eigenvalue weighted by molar-refractivity contribution is 5.88. The fourth-order valence-electron chi connectivity index (χ4n) is 8.61. The van der Waals surface area contributed by atoms with Gasteiger partial charge in [0.05, 0.1) is 11.3 Å². The van der Waals surface area contributed by atoms with E-state index in [1.165, 1.54) is 26.7 Å². The lowest BCUT2D eigenvalue weighted by Crippen LogP contribution is -2.57. The Morgan fingerprint density at radius 3 is 1.89 bits per heavy atom. The van der Waals surface area contributed by atoms with Crippen LogP contribution in [0.4, 0.5) is 0 Å². The van der Waals surface area contributed by atoms with E-state index < -0.39 is 76.8 Å². The van der Waals surface area contributed by atoms with Crippen molar-refractivity contribution in [3.8, 4) is 0 Å². The molecule has 3 rings (SSSR count). The Bertz CT molecular complexity index is 1420. The van der Waals surface area contributed by atoms with E-state index in [9.17, 15) is 29.1 Å². The highest BCUT2D eigenvalue weighted by atomic mass is 16.6. The molecule has 12 nitrogen and oxygen atoms in total. The van der Waals surface area contributed by atoms with Crippen molar-refractivity contribution in [1.29, 1.82) is 0 Å². The van der Waals surface area contributed by atoms with Crippen molar-refractivity contribution in [3.63, 3.8) is 0 Å². The normalized spacial score (nSPS) is 30.3. The van der Waals surface area contributed by atoms with Gasteiger partial charge in [-0.15, -0.1) is 0 Å². The largest absolute Gasteiger partial charge is 0.461 e. The molecular weight excluding hydrogens is 706 g/mol. The minimum absolute atomic E-state index is 0.125. The molecule has 0 aromatic carbocycles. The van der Waals surface area contributed by atoms with Crippen LogP contribution in [0.25, 0.3) is 0 Å². The summed E-state index contributed by atoms with van der Waals surface area (Å²) in [5, 5.41) is 12.0. The molecule has 55 heavy (non-hydrogen) atoms. The molecule has 0 aromatic rings. The van der Waals surface area contributed by atoms with Crippen LogP contribution in [-0.4, -0.2) is 77.1 Å². The second-order valence-corrected chi connectivity index (χ2v) is 16.5. The molecule has 0 radical (unpaired) electrons. The molecular formula is C43H69NO11. The number of carbonyl (C=O) groups is 5. The predicted molar refractivity (Wildman–Crippen MR) is 207 cm³/mol. The van der Waals surface area contributed by atoms with Crippen LogP contribution in [0.15, 0.2) is 22.8 Å². The van der Waals surface area contributed by atoms with Crippen molar-refractivity contribution in [3.05, 3.63) is 22.8 Å². The minimum Gasteiger partial charge on any atom is -0.461 e. The number of unbranched alkanes of at least 4 members (excludes halogenated alkanes) is 12. The Morgan fingerprint density at radius 1 is 0.836 bits per heavy atom. The Balaban J connectivity index is 1.99. The van der Waals surface area contributed by atoms with Crippen LogP contribution in [0.1, 0.15) is 165 Å². The Kier molecular flexibility index (Phi) is 17.4. The fourth-order valence-corrected chi connectivity index (χ4v) is 8.61. The molecule has 312 valence electrons. The maximum absolute atomic E-state index is 13.6. The molecule has 0 bridgehead atoms. The lowest BCUT2D eigenvalue weighted by molar-refractivity contribution is -0.192. The van der Waals surface area contributed by atoms with Crippen LogP contribution in [0.2, 0.25) is 0 Å². The van der Waals surface area contributed by atoms with Crippen molar-refractivity contribution < 1.29 is 52.8 Å². The van der Waals surface area contributed by atoms with E-state index in [1.807, 2.05) is 0 Å². The first-order chi connectivity index (χ1) is 26.0. The highest BCUT2D eigenvalue weighted by Crippen LogP contribution is 2.61. The number of allylic oxidation sites excluding steroid dienone is 1. The summed E-state index contributed by atoms with van der Waals surface area (Å²) in [4.78, 5) is 66.9. The van der Waals surface area contributed by atoms with E-state index in [-0.39, 0.29) is 19.3 Å². The minimum atomic E-state index is -2.15. The molecule has 1 aliphatic heterocycles.